The van der Waals surface area contributed by atoms with Crippen molar-refractivity contribution in [3.05, 3.63) is 39.0 Å². The maximum Gasteiger partial charge on any atom is 0.268 e. The number of amides is 1. The molecule has 0 aliphatic heterocycles. The minimum Gasteiger partial charge on any atom is -0.346 e. The van der Waals surface area contributed by atoms with Crippen molar-refractivity contribution in [2.45, 2.75) is 6.54 Å². The van der Waals surface area contributed by atoms with E-state index in [1.165, 1.54) is 11.3 Å². The van der Waals surface area contributed by atoms with Crippen LogP contribution in [0.5, 0.6) is 0 Å². The first-order valence-electron chi connectivity index (χ1n) is 4.64. The molecule has 6 heteroatoms. The molecule has 2 aromatic heterocycles. The summed E-state index contributed by atoms with van der Waals surface area (Å²) < 4.78 is 2.68. The van der Waals surface area contributed by atoms with E-state index in [0.717, 1.165) is 9.35 Å². The van der Waals surface area contributed by atoms with Gasteiger partial charge in [0, 0.05) is 28.8 Å². The Morgan fingerprint density at radius 2 is 2.50 bits per heavy atom. The molecule has 0 saturated heterocycles. The van der Waals surface area contributed by atoms with Crippen LogP contribution in [0.15, 0.2) is 28.4 Å². The standard InChI is InChI=1S/C10H10BrN3OS/c1-14-5-7(11)2-9(14)10(15)13-4-8-3-12-6-16-8/h2-3,5-6H,4H2,1H3,(H,13,15). The van der Waals surface area contributed by atoms with Crippen LogP contribution in [0, 0.1) is 0 Å². The highest BCUT2D eigenvalue weighted by molar-refractivity contribution is 9.10. The second kappa shape index (κ2) is 4.80. The minimum atomic E-state index is -0.0819. The van der Waals surface area contributed by atoms with Crippen molar-refractivity contribution in [2.75, 3.05) is 0 Å². The van der Waals surface area contributed by atoms with Crippen molar-refractivity contribution in [1.82, 2.24) is 14.9 Å². The molecule has 0 aliphatic rings. The molecule has 0 spiro atoms. The molecule has 1 N–H and O–H groups in total. The van der Waals surface area contributed by atoms with Crippen LogP contribution < -0.4 is 5.32 Å². The fraction of sp³-hybridized carbons (Fsp3) is 0.200. The molecule has 4 nitrogen and oxygen atoms in total. The van der Waals surface area contributed by atoms with Gasteiger partial charge >= 0.3 is 0 Å². The summed E-state index contributed by atoms with van der Waals surface area (Å²) in [7, 11) is 1.84. The van der Waals surface area contributed by atoms with Gasteiger partial charge in [-0.25, -0.2) is 0 Å². The number of nitrogens with one attached hydrogen (secondary N) is 1. The van der Waals surface area contributed by atoms with Gasteiger partial charge in [-0.05, 0) is 22.0 Å². The number of hydrogen-bond acceptors (Lipinski definition) is 3. The van der Waals surface area contributed by atoms with Crippen LogP contribution in [-0.2, 0) is 13.6 Å². The molecule has 0 aliphatic carbocycles. The van der Waals surface area contributed by atoms with Crippen LogP contribution in [-0.4, -0.2) is 15.5 Å². The number of hydrogen-bond donors (Lipinski definition) is 1. The molecular weight excluding hydrogens is 290 g/mol. The number of carbonyl (C=O) groups is 1. The summed E-state index contributed by atoms with van der Waals surface area (Å²) in [4.78, 5) is 16.8. The van der Waals surface area contributed by atoms with E-state index in [2.05, 4.69) is 26.2 Å². The Morgan fingerprint density at radius 1 is 1.69 bits per heavy atom. The number of aromatic nitrogens is 2. The largest absolute Gasteiger partial charge is 0.346 e. The fourth-order valence-electron chi connectivity index (χ4n) is 1.34. The summed E-state index contributed by atoms with van der Waals surface area (Å²) >= 11 is 4.86. The maximum absolute atomic E-state index is 11.8. The van der Waals surface area contributed by atoms with Gasteiger partial charge in [0.15, 0.2) is 0 Å². The Morgan fingerprint density at radius 3 is 3.06 bits per heavy atom. The molecule has 16 heavy (non-hydrogen) atoms. The van der Waals surface area contributed by atoms with Crippen molar-refractivity contribution >= 4 is 33.2 Å². The molecule has 0 bridgehead atoms. The number of thiazole rings is 1. The van der Waals surface area contributed by atoms with E-state index in [1.807, 2.05) is 13.2 Å². The first kappa shape index (κ1) is 11.3. The number of rotatable bonds is 3. The lowest BCUT2D eigenvalue weighted by molar-refractivity contribution is 0.0943. The average molecular weight is 300 g/mol. The molecule has 2 aromatic rings. The SMILES string of the molecule is Cn1cc(Br)cc1C(=O)NCc1cncs1. The van der Waals surface area contributed by atoms with E-state index in [9.17, 15) is 4.79 Å². The molecule has 0 fully saturated rings. The number of carbonyl (C=O) groups excluding carboxylic acids is 1. The Bertz CT molecular complexity index is 492. The first-order chi connectivity index (χ1) is 7.66. The normalized spacial score (nSPS) is 10.4. The number of aryl methyl sites for hydroxylation is 1. The van der Waals surface area contributed by atoms with E-state index in [0.29, 0.717) is 12.2 Å². The van der Waals surface area contributed by atoms with Crippen molar-refractivity contribution < 1.29 is 4.79 Å². The van der Waals surface area contributed by atoms with Gasteiger partial charge in [0.1, 0.15) is 5.69 Å². The summed E-state index contributed by atoms with van der Waals surface area (Å²) in [6.45, 7) is 0.520. The van der Waals surface area contributed by atoms with Crippen molar-refractivity contribution in [3.63, 3.8) is 0 Å². The zero-order valence-electron chi connectivity index (χ0n) is 8.61. The highest BCUT2D eigenvalue weighted by Crippen LogP contribution is 2.13. The predicted octanol–water partition coefficient (Wildman–Crippen LogP) is 2.17. The third kappa shape index (κ3) is 2.51. The van der Waals surface area contributed by atoms with Crippen LogP contribution in [0.3, 0.4) is 0 Å². The summed E-state index contributed by atoms with van der Waals surface area (Å²) in [5, 5.41) is 2.85. The van der Waals surface area contributed by atoms with E-state index in [1.54, 1.807) is 22.3 Å². The molecule has 0 aromatic carbocycles. The Hall–Kier alpha value is -1.14. The quantitative estimate of drug-likeness (QED) is 0.944. The van der Waals surface area contributed by atoms with Gasteiger partial charge in [0.25, 0.3) is 5.91 Å². The Balaban J connectivity index is 2.01. The summed E-state index contributed by atoms with van der Waals surface area (Å²) in [5.41, 5.74) is 2.39. The van der Waals surface area contributed by atoms with Crippen molar-refractivity contribution in [1.29, 1.82) is 0 Å². The number of nitrogens with zero attached hydrogens (tertiary/aromatic N) is 2. The smallest absolute Gasteiger partial charge is 0.268 e. The van der Waals surface area contributed by atoms with Crippen LogP contribution in [0.1, 0.15) is 15.4 Å². The molecule has 1 amide bonds. The average Bonchev–Trinajstić information content (AvgIpc) is 2.84. The van der Waals surface area contributed by atoms with E-state index < -0.39 is 0 Å². The van der Waals surface area contributed by atoms with Crippen LogP contribution in [0.4, 0.5) is 0 Å². The van der Waals surface area contributed by atoms with Gasteiger partial charge in [0.05, 0.1) is 12.1 Å². The fourth-order valence-corrected chi connectivity index (χ4v) is 2.40. The van der Waals surface area contributed by atoms with Gasteiger partial charge in [-0.1, -0.05) is 0 Å². The van der Waals surface area contributed by atoms with Crippen molar-refractivity contribution in [3.8, 4) is 0 Å². The molecule has 0 radical (unpaired) electrons. The summed E-state index contributed by atoms with van der Waals surface area (Å²) in [6.07, 6.45) is 3.60. The van der Waals surface area contributed by atoms with Crippen molar-refractivity contribution in [2.24, 2.45) is 7.05 Å². The number of halogens is 1. The lowest BCUT2D eigenvalue weighted by Gasteiger charge is -2.03. The zero-order chi connectivity index (χ0) is 11.5. The molecule has 0 saturated carbocycles. The van der Waals surface area contributed by atoms with E-state index in [-0.39, 0.29) is 5.91 Å². The first-order valence-corrected chi connectivity index (χ1v) is 6.31. The van der Waals surface area contributed by atoms with Crippen LogP contribution >= 0.6 is 27.3 Å². The molecular formula is C10H10BrN3OS. The monoisotopic (exact) mass is 299 g/mol. The van der Waals surface area contributed by atoms with Gasteiger partial charge in [0.2, 0.25) is 0 Å². The van der Waals surface area contributed by atoms with E-state index >= 15 is 0 Å². The molecule has 0 atom stereocenters. The minimum absolute atomic E-state index is 0.0819. The molecule has 0 unspecified atom stereocenters. The topological polar surface area (TPSA) is 46.9 Å². The van der Waals surface area contributed by atoms with Crippen LogP contribution in [0.25, 0.3) is 0 Å². The van der Waals surface area contributed by atoms with Gasteiger partial charge in [-0.2, -0.15) is 0 Å². The Labute approximate surface area is 105 Å². The predicted molar refractivity (Wildman–Crippen MR) is 66.4 cm³/mol. The highest BCUT2D eigenvalue weighted by Gasteiger charge is 2.10. The zero-order valence-corrected chi connectivity index (χ0v) is 11.0. The Kier molecular flexibility index (Phi) is 3.40. The highest BCUT2D eigenvalue weighted by atomic mass is 79.9. The second-order valence-electron chi connectivity index (χ2n) is 3.30. The molecule has 2 rings (SSSR count). The van der Waals surface area contributed by atoms with Crippen LogP contribution in [0.2, 0.25) is 0 Å². The third-order valence-electron chi connectivity index (χ3n) is 2.11. The summed E-state index contributed by atoms with van der Waals surface area (Å²) in [5.74, 6) is -0.0819. The van der Waals surface area contributed by atoms with Gasteiger partial charge < -0.3 is 9.88 Å². The van der Waals surface area contributed by atoms with Gasteiger partial charge in [-0.15, -0.1) is 11.3 Å². The lowest BCUT2D eigenvalue weighted by Crippen LogP contribution is -2.24. The molecule has 2 heterocycles. The van der Waals surface area contributed by atoms with Gasteiger partial charge in [-0.3, -0.25) is 9.78 Å². The second-order valence-corrected chi connectivity index (χ2v) is 5.19. The maximum atomic E-state index is 11.8. The van der Waals surface area contributed by atoms with E-state index in [4.69, 9.17) is 0 Å². The summed E-state index contributed by atoms with van der Waals surface area (Å²) in [6, 6.07) is 1.79. The molecule has 84 valence electrons. The lowest BCUT2D eigenvalue weighted by atomic mass is 10.4. The third-order valence-corrected chi connectivity index (χ3v) is 3.32.